The van der Waals surface area contributed by atoms with Gasteiger partial charge in [0.05, 0.1) is 16.8 Å². The molecule has 6 heteroatoms. The standard InChI is InChI=1S/C22H30FN3O2/c1-22(2,28-3)14-26-11-8-15(9-12-26)6-7-19(27)17-13-18(23)20(24)16-5-4-10-25-21(16)17/h4-5,10,13,15H,6-9,11-12,14,24H2,1-3H3. The molecule has 3 rings (SSSR count). The van der Waals surface area contributed by atoms with Gasteiger partial charge in [-0.15, -0.1) is 0 Å². The molecule has 0 saturated carbocycles. The van der Waals surface area contributed by atoms with Crippen molar-refractivity contribution < 1.29 is 13.9 Å². The third-order valence-corrected chi connectivity index (χ3v) is 5.83. The number of piperidine rings is 1. The minimum Gasteiger partial charge on any atom is -0.396 e. The van der Waals surface area contributed by atoms with E-state index >= 15 is 0 Å². The minimum atomic E-state index is -0.557. The summed E-state index contributed by atoms with van der Waals surface area (Å²) < 4.78 is 19.7. The summed E-state index contributed by atoms with van der Waals surface area (Å²) in [6, 6.07) is 4.64. The van der Waals surface area contributed by atoms with Gasteiger partial charge in [0.15, 0.2) is 5.78 Å². The summed E-state index contributed by atoms with van der Waals surface area (Å²) >= 11 is 0. The molecule has 28 heavy (non-hydrogen) atoms. The molecule has 2 aromatic rings. The van der Waals surface area contributed by atoms with E-state index in [2.05, 4.69) is 23.7 Å². The molecule has 0 unspecified atom stereocenters. The minimum absolute atomic E-state index is 0.0472. The Hall–Kier alpha value is -2.05. The Kier molecular flexibility index (Phi) is 6.30. The Labute approximate surface area is 166 Å². The number of methoxy groups -OCH3 is 1. The first-order valence-corrected chi connectivity index (χ1v) is 9.94. The third-order valence-electron chi connectivity index (χ3n) is 5.83. The van der Waals surface area contributed by atoms with Crippen LogP contribution in [-0.4, -0.2) is 48.0 Å². The van der Waals surface area contributed by atoms with Crippen LogP contribution >= 0.6 is 0 Å². The number of benzene rings is 1. The van der Waals surface area contributed by atoms with E-state index in [0.717, 1.165) is 38.9 Å². The maximum atomic E-state index is 14.2. The van der Waals surface area contributed by atoms with E-state index in [4.69, 9.17) is 10.5 Å². The quantitative estimate of drug-likeness (QED) is 0.573. The van der Waals surface area contributed by atoms with E-state index in [1.54, 1.807) is 25.4 Å². The maximum absolute atomic E-state index is 14.2. The van der Waals surface area contributed by atoms with Crippen LogP contribution in [0.25, 0.3) is 10.9 Å². The summed E-state index contributed by atoms with van der Waals surface area (Å²) in [5.41, 5.74) is 6.53. The van der Waals surface area contributed by atoms with Gasteiger partial charge >= 0.3 is 0 Å². The maximum Gasteiger partial charge on any atom is 0.165 e. The Bertz CT molecular complexity index is 845. The number of carbonyl (C=O) groups excluding carboxylic acids is 1. The van der Waals surface area contributed by atoms with E-state index in [9.17, 15) is 9.18 Å². The number of aromatic nitrogens is 1. The van der Waals surface area contributed by atoms with Crippen molar-refractivity contribution in [2.24, 2.45) is 5.92 Å². The number of nitrogens with zero attached hydrogens (tertiary/aromatic N) is 2. The summed E-state index contributed by atoms with van der Waals surface area (Å²) in [6.45, 7) is 7.15. The molecule has 2 N–H and O–H groups in total. The summed E-state index contributed by atoms with van der Waals surface area (Å²) in [4.78, 5) is 19.5. The van der Waals surface area contributed by atoms with Gasteiger partial charge in [-0.1, -0.05) is 0 Å². The molecule has 1 aliphatic rings. The fourth-order valence-corrected chi connectivity index (χ4v) is 3.96. The second kappa shape index (κ2) is 8.53. The van der Waals surface area contributed by atoms with Crippen LogP contribution in [0.4, 0.5) is 10.1 Å². The van der Waals surface area contributed by atoms with Gasteiger partial charge in [-0.3, -0.25) is 9.78 Å². The van der Waals surface area contributed by atoms with Gasteiger partial charge in [0.2, 0.25) is 0 Å². The third kappa shape index (κ3) is 4.67. The number of ketones is 1. The molecule has 1 aromatic heterocycles. The van der Waals surface area contributed by atoms with E-state index in [0.29, 0.717) is 28.8 Å². The molecular weight excluding hydrogens is 357 g/mol. The fourth-order valence-electron chi connectivity index (χ4n) is 3.96. The van der Waals surface area contributed by atoms with E-state index in [1.165, 1.54) is 6.07 Å². The molecule has 1 fully saturated rings. The van der Waals surface area contributed by atoms with E-state index in [-0.39, 0.29) is 17.1 Å². The first kappa shape index (κ1) is 20.7. The van der Waals surface area contributed by atoms with Crippen LogP contribution < -0.4 is 5.73 Å². The molecule has 0 aliphatic carbocycles. The Morgan fingerprint density at radius 1 is 1.39 bits per heavy atom. The van der Waals surface area contributed by atoms with Crippen molar-refractivity contribution in [3.05, 3.63) is 35.8 Å². The number of pyridine rings is 1. The van der Waals surface area contributed by atoms with Crippen molar-refractivity contribution in [3.63, 3.8) is 0 Å². The zero-order valence-corrected chi connectivity index (χ0v) is 17.0. The Morgan fingerprint density at radius 2 is 2.11 bits per heavy atom. The van der Waals surface area contributed by atoms with Crippen LogP contribution in [0.5, 0.6) is 0 Å². The number of Topliss-reactive ketones (excluding diaryl/α,β-unsaturated/α-hetero) is 1. The first-order valence-electron chi connectivity index (χ1n) is 9.94. The molecule has 1 saturated heterocycles. The van der Waals surface area contributed by atoms with Crippen molar-refractivity contribution in [1.29, 1.82) is 0 Å². The van der Waals surface area contributed by atoms with Gasteiger partial charge in [0.1, 0.15) is 5.82 Å². The summed E-state index contributed by atoms with van der Waals surface area (Å²) in [6.07, 6.45) is 4.97. The number of carbonyl (C=O) groups is 1. The second-order valence-corrected chi connectivity index (χ2v) is 8.36. The Balaban J connectivity index is 1.59. The van der Waals surface area contributed by atoms with Crippen LogP contribution in [0.15, 0.2) is 24.4 Å². The van der Waals surface area contributed by atoms with E-state index in [1.807, 2.05) is 0 Å². The zero-order valence-electron chi connectivity index (χ0n) is 17.0. The lowest BCUT2D eigenvalue weighted by atomic mass is 9.89. The molecule has 2 heterocycles. The lowest BCUT2D eigenvalue weighted by molar-refractivity contribution is -0.0148. The number of halogens is 1. The highest BCUT2D eigenvalue weighted by Crippen LogP contribution is 2.29. The first-order chi connectivity index (χ1) is 13.3. The van der Waals surface area contributed by atoms with Gasteiger partial charge in [0.25, 0.3) is 0 Å². The van der Waals surface area contributed by atoms with Gasteiger partial charge in [0, 0.05) is 37.2 Å². The van der Waals surface area contributed by atoms with Crippen LogP contribution in [0.3, 0.4) is 0 Å². The zero-order chi connectivity index (χ0) is 20.3. The smallest absolute Gasteiger partial charge is 0.165 e. The van der Waals surface area contributed by atoms with Crippen LogP contribution in [0.2, 0.25) is 0 Å². The monoisotopic (exact) mass is 387 g/mol. The highest BCUT2D eigenvalue weighted by Gasteiger charge is 2.26. The van der Waals surface area contributed by atoms with Gasteiger partial charge in [-0.25, -0.2) is 4.39 Å². The largest absolute Gasteiger partial charge is 0.396 e. The molecular formula is C22H30FN3O2. The van der Waals surface area contributed by atoms with Gasteiger partial charge < -0.3 is 15.4 Å². The molecule has 0 radical (unpaired) electrons. The number of anilines is 1. The average Bonchev–Trinajstić information content (AvgIpc) is 2.69. The lowest BCUT2D eigenvalue weighted by Crippen LogP contribution is -2.43. The van der Waals surface area contributed by atoms with Crippen LogP contribution in [-0.2, 0) is 4.74 Å². The lowest BCUT2D eigenvalue weighted by Gasteiger charge is -2.36. The molecule has 1 aliphatic heterocycles. The molecule has 0 amide bonds. The van der Waals surface area contributed by atoms with Crippen LogP contribution in [0.1, 0.15) is 49.9 Å². The number of hydrogen-bond acceptors (Lipinski definition) is 5. The number of fused-ring (bicyclic) bond motifs is 1. The molecule has 152 valence electrons. The highest BCUT2D eigenvalue weighted by atomic mass is 19.1. The molecule has 0 atom stereocenters. The van der Waals surface area contributed by atoms with Gasteiger partial charge in [-0.2, -0.15) is 0 Å². The predicted octanol–water partition coefficient (Wildman–Crippen LogP) is 4.06. The number of nitrogens with two attached hydrogens (primary N) is 1. The average molecular weight is 387 g/mol. The van der Waals surface area contributed by atoms with Crippen molar-refractivity contribution in [2.75, 3.05) is 32.5 Å². The molecule has 0 spiro atoms. The predicted molar refractivity (Wildman–Crippen MR) is 110 cm³/mol. The van der Waals surface area contributed by atoms with E-state index < -0.39 is 5.82 Å². The summed E-state index contributed by atoms with van der Waals surface area (Å²) in [5.74, 6) is -0.104. The van der Waals surface area contributed by atoms with Crippen molar-refractivity contribution in [1.82, 2.24) is 9.88 Å². The number of rotatable bonds is 7. The van der Waals surface area contributed by atoms with Crippen molar-refractivity contribution in [3.8, 4) is 0 Å². The summed E-state index contributed by atoms with van der Waals surface area (Å²) in [5, 5.41) is 0.500. The van der Waals surface area contributed by atoms with Crippen molar-refractivity contribution >= 4 is 22.4 Å². The molecule has 5 nitrogen and oxygen atoms in total. The number of nitrogen functional groups attached to an aromatic ring is 1. The molecule has 0 bridgehead atoms. The SMILES string of the molecule is COC(C)(C)CN1CCC(CCC(=O)c2cc(F)c(N)c3cccnc23)CC1. The van der Waals surface area contributed by atoms with Crippen LogP contribution in [0, 0.1) is 11.7 Å². The second-order valence-electron chi connectivity index (χ2n) is 8.36. The number of hydrogen-bond donors (Lipinski definition) is 1. The number of likely N-dealkylation sites (tertiary alicyclic amines) is 1. The number of ether oxygens (including phenoxy) is 1. The molecule has 1 aromatic carbocycles. The van der Waals surface area contributed by atoms with Gasteiger partial charge in [-0.05, 0) is 70.3 Å². The topological polar surface area (TPSA) is 68.5 Å². The highest BCUT2D eigenvalue weighted by molar-refractivity contribution is 6.09. The normalized spacial score (nSPS) is 16.6. The fraction of sp³-hybridized carbons (Fsp3) is 0.545. The Morgan fingerprint density at radius 3 is 2.79 bits per heavy atom. The van der Waals surface area contributed by atoms with Crippen molar-refractivity contribution in [2.45, 2.75) is 45.1 Å². The summed E-state index contributed by atoms with van der Waals surface area (Å²) in [7, 11) is 1.75.